The van der Waals surface area contributed by atoms with Gasteiger partial charge in [0.15, 0.2) is 11.5 Å². The van der Waals surface area contributed by atoms with Crippen LogP contribution in [0.5, 0.6) is 0 Å². The maximum absolute atomic E-state index is 13.1. The summed E-state index contributed by atoms with van der Waals surface area (Å²) in [5.74, 6) is 0.989. The summed E-state index contributed by atoms with van der Waals surface area (Å²) >= 11 is 0. The van der Waals surface area contributed by atoms with Crippen LogP contribution in [0.15, 0.2) is 4.42 Å². The molecule has 2 fully saturated rings. The van der Waals surface area contributed by atoms with E-state index in [4.69, 9.17) is 4.42 Å². The van der Waals surface area contributed by atoms with Crippen LogP contribution in [0.2, 0.25) is 0 Å². The maximum Gasteiger partial charge on any atom is 0.289 e. The fourth-order valence-corrected chi connectivity index (χ4v) is 4.40. The van der Waals surface area contributed by atoms with Crippen molar-refractivity contribution in [1.82, 2.24) is 15.1 Å². The van der Waals surface area contributed by atoms with Gasteiger partial charge in [-0.3, -0.25) is 14.4 Å². The molecule has 1 atom stereocenters. The molecule has 140 valence electrons. The van der Waals surface area contributed by atoms with Crippen LogP contribution in [-0.2, 0) is 11.2 Å². The Morgan fingerprint density at radius 3 is 2.81 bits per heavy atom. The molecule has 2 saturated heterocycles. The molecule has 1 unspecified atom stereocenters. The number of Topliss-reactive ketones (excluding diaryl/α,β-unsaturated/α-hetero) is 1. The molecule has 4 rings (SSSR count). The number of hydrogen-bond donors (Lipinski definition) is 1. The molecule has 7 heteroatoms. The zero-order valence-electron chi connectivity index (χ0n) is 15.2. The van der Waals surface area contributed by atoms with Gasteiger partial charge in [-0.05, 0) is 26.2 Å². The van der Waals surface area contributed by atoms with Crippen molar-refractivity contribution in [3.63, 3.8) is 0 Å². The average molecular weight is 359 g/mol. The Morgan fingerprint density at radius 1 is 1.19 bits per heavy atom. The fourth-order valence-electron chi connectivity index (χ4n) is 4.40. The number of aryl methyl sites for hydroxylation is 1. The lowest BCUT2D eigenvalue weighted by Gasteiger charge is -2.40. The Bertz CT molecular complexity index is 754. The van der Waals surface area contributed by atoms with E-state index in [0.29, 0.717) is 61.7 Å². The number of furan rings is 1. The third-order valence-electron chi connectivity index (χ3n) is 5.75. The molecule has 0 bridgehead atoms. The SMILES string of the molecule is Cc1c(C(=O)N2CCCC(N3CCNCC3=O)C2)oc2c1C(=O)CCC2. The lowest BCUT2D eigenvalue weighted by molar-refractivity contribution is -0.135. The molecule has 1 aliphatic carbocycles. The van der Waals surface area contributed by atoms with Crippen LogP contribution in [0.4, 0.5) is 0 Å². The van der Waals surface area contributed by atoms with Crippen molar-refractivity contribution < 1.29 is 18.8 Å². The van der Waals surface area contributed by atoms with Gasteiger partial charge in [0.05, 0.1) is 12.1 Å². The first-order valence-electron chi connectivity index (χ1n) is 9.51. The van der Waals surface area contributed by atoms with Gasteiger partial charge < -0.3 is 19.5 Å². The number of likely N-dealkylation sites (tertiary alicyclic amines) is 1. The number of amides is 2. The van der Waals surface area contributed by atoms with Crippen molar-refractivity contribution in [2.75, 3.05) is 32.7 Å². The molecule has 2 aliphatic heterocycles. The molecule has 2 amide bonds. The summed E-state index contributed by atoms with van der Waals surface area (Å²) in [7, 11) is 0. The van der Waals surface area contributed by atoms with E-state index < -0.39 is 0 Å². The molecular weight excluding hydrogens is 334 g/mol. The number of piperazine rings is 1. The van der Waals surface area contributed by atoms with E-state index in [1.54, 1.807) is 11.8 Å². The summed E-state index contributed by atoms with van der Waals surface area (Å²) in [6.45, 7) is 4.85. The standard InChI is InChI=1S/C19H25N3O4/c1-12-17-14(23)5-2-6-15(17)26-18(12)19(25)21-8-3-4-13(11-21)22-9-7-20-10-16(22)24/h13,20H,2-11H2,1H3. The van der Waals surface area contributed by atoms with E-state index in [1.807, 2.05) is 4.90 Å². The second kappa shape index (κ2) is 6.87. The summed E-state index contributed by atoms with van der Waals surface area (Å²) in [4.78, 5) is 41.1. The second-order valence-corrected chi connectivity index (χ2v) is 7.44. The largest absolute Gasteiger partial charge is 0.455 e. The molecule has 26 heavy (non-hydrogen) atoms. The smallest absolute Gasteiger partial charge is 0.289 e. The van der Waals surface area contributed by atoms with Gasteiger partial charge in [0.1, 0.15) is 5.76 Å². The Balaban J connectivity index is 1.53. The van der Waals surface area contributed by atoms with Crippen molar-refractivity contribution in [2.45, 2.75) is 45.1 Å². The third kappa shape index (κ3) is 2.94. The van der Waals surface area contributed by atoms with Gasteiger partial charge in [-0.25, -0.2) is 0 Å². The molecule has 1 N–H and O–H groups in total. The number of fused-ring (bicyclic) bond motifs is 1. The fraction of sp³-hybridized carbons (Fsp3) is 0.632. The van der Waals surface area contributed by atoms with E-state index in [0.717, 1.165) is 25.8 Å². The molecule has 0 saturated carbocycles. The molecule has 3 aliphatic rings. The second-order valence-electron chi connectivity index (χ2n) is 7.44. The molecule has 0 radical (unpaired) electrons. The van der Waals surface area contributed by atoms with Crippen molar-refractivity contribution >= 4 is 17.6 Å². The number of nitrogens with one attached hydrogen (secondary N) is 1. The van der Waals surface area contributed by atoms with E-state index in [2.05, 4.69) is 5.32 Å². The van der Waals surface area contributed by atoms with Crippen molar-refractivity contribution in [3.8, 4) is 0 Å². The minimum atomic E-state index is -0.156. The molecular formula is C19H25N3O4. The third-order valence-corrected chi connectivity index (χ3v) is 5.75. The Labute approximate surface area is 152 Å². The Hall–Kier alpha value is -2.15. The van der Waals surface area contributed by atoms with Crippen LogP contribution >= 0.6 is 0 Å². The number of nitrogens with zero attached hydrogens (tertiary/aromatic N) is 2. The van der Waals surface area contributed by atoms with Gasteiger partial charge >= 0.3 is 0 Å². The van der Waals surface area contributed by atoms with Crippen molar-refractivity contribution in [3.05, 3.63) is 22.6 Å². The quantitative estimate of drug-likeness (QED) is 0.856. The molecule has 1 aromatic heterocycles. The van der Waals surface area contributed by atoms with E-state index in [-0.39, 0.29) is 23.6 Å². The van der Waals surface area contributed by atoms with Crippen molar-refractivity contribution in [2.24, 2.45) is 0 Å². The van der Waals surface area contributed by atoms with Crippen LogP contribution < -0.4 is 5.32 Å². The van der Waals surface area contributed by atoms with Crippen molar-refractivity contribution in [1.29, 1.82) is 0 Å². The topological polar surface area (TPSA) is 82.9 Å². The van der Waals surface area contributed by atoms with Gasteiger partial charge in [-0.2, -0.15) is 0 Å². The van der Waals surface area contributed by atoms with Gasteiger partial charge in [0.25, 0.3) is 5.91 Å². The van der Waals surface area contributed by atoms with Crippen LogP contribution in [0, 0.1) is 6.92 Å². The first kappa shape index (κ1) is 17.3. The monoisotopic (exact) mass is 359 g/mol. The first-order chi connectivity index (χ1) is 12.6. The summed E-state index contributed by atoms with van der Waals surface area (Å²) in [5, 5.41) is 3.08. The van der Waals surface area contributed by atoms with Gasteiger partial charge in [-0.15, -0.1) is 0 Å². The average Bonchev–Trinajstić information content (AvgIpc) is 2.99. The van der Waals surface area contributed by atoms with Crippen LogP contribution in [0.25, 0.3) is 0 Å². The van der Waals surface area contributed by atoms with Crippen LogP contribution in [-0.4, -0.2) is 66.2 Å². The van der Waals surface area contributed by atoms with Gasteiger partial charge in [-0.1, -0.05) is 0 Å². The number of carbonyl (C=O) groups excluding carboxylic acids is 3. The minimum Gasteiger partial charge on any atom is -0.455 e. The predicted molar refractivity (Wildman–Crippen MR) is 94.2 cm³/mol. The Morgan fingerprint density at radius 2 is 2.04 bits per heavy atom. The highest BCUT2D eigenvalue weighted by atomic mass is 16.4. The summed E-state index contributed by atoms with van der Waals surface area (Å²) in [6, 6.07) is 0.0637. The van der Waals surface area contributed by atoms with E-state index in [1.165, 1.54) is 0 Å². The summed E-state index contributed by atoms with van der Waals surface area (Å²) < 4.78 is 5.82. The summed E-state index contributed by atoms with van der Waals surface area (Å²) in [6.07, 6.45) is 3.81. The maximum atomic E-state index is 13.1. The lowest BCUT2D eigenvalue weighted by atomic mass is 9.94. The van der Waals surface area contributed by atoms with E-state index in [9.17, 15) is 14.4 Å². The molecule has 0 spiro atoms. The minimum absolute atomic E-state index is 0.0637. The predicted octanol–water partition coefficient (Wildman–Crippen LogP) is 1.14. The highest BCUT2D eigenvalue weighted by molar-refractivity contribution is 6.03. The highest BCUT2D eigenvalue weighted by Gasteiger charge is 2.35. The number of hydrogen-bond acceptors (Lipinski definition) is 5. The number of carbonyl (C=O) groups is 3. The lowest BCUT2D eigenvalue weighted by Crippen LogP contribution is -2.57. The summed E-state index contributed by atoms with van der Waals surface area (Å²) in [5.41, 5.74) is 1.29. The zero-order valence-corrected chi connectivity index (χ0v) is 15.2. The van der Waals surface area contributed by atoms with Gasteiger partial charge in [0, 0.05) is 50.6 Å². The van der Waals surface area contributed by atoms with Crippen LogP contribution in [0.1, 0.15) is 57.9 Å². The molecule has 1 aromatic rings. The van der Waals surface area contributed by atoms with E-state index >= 15 is 0 Å². The number of piperidine rings is 1. The number of ketones is 1. The zero-order chi connectivity index (χ0) is 18.3. The first-order valence-corrected chi connectivity index (χ1v) is 9.51. The highest BCUT2D eigenvalue weighted by Crippen LogP contribution is 2.30. The molecule has 7 nitrogen and oxygen atoms in total. The van der Waals surface area contributed by atoms with Crippen LogP contribution in [0.3, 0.4) is 0 Å². The molecule has 3 heterocycles. The normalized spacial score (nSPS) is 24.0. The number of rotatable bonds is 2. The Kier molecular flexibility index (Phi) is 4.56. The van der Waals surface area contributed by atoms with Gasteiger partial charge in [0.2, 0.25) is 5.91 Å². The molecule has 0 aromatic carbocycles.